The molecule has 0 aliphatic carbocycles. The number of amidine groups is 1. The summed E-state index contributed by atoms with van der Waals surface area (Å²) in [5.74, 6) is 6.08. The van der Waals surface area contributed by atoms with Crippen LogP contribution < -0.4 is 11.3 Å². The maximum Gasteiger partial charge on any atom is 0.143 e. The Kier molecular flexibility index (Phi) is 5.97. The van der Waals surface area contributed by atoms with Gasteiger partial charge in [0.05, 0.1) is 13.2 Å². The molecule has 16 heavy (non-hydrogen) atoms. The molecule has 0 aromatic heterocycles. The van der Waals surface area contributed by atoms with Crippen LogP contribution in [-0.2, 0) is 4.74 Å². The van der Waals surface area contributed by atoms with Crippen LogP contribution in [0, 0.1) is 0 Å². The van der Waals surface area contributed by atoms with Crippen molar-refractivity contribution in [3.05, 3.63) is 32.7 Å². The highest BCUT2D eigenvalue weighted by Crippen LogP contribution is 2.21. The molecule has 0 amide bonds. The van der Waals surface area contributed by atoms with Crippen LogP contribution in [0.3, 0.4) is 0 Å². The molecule has 0 fully saturated rings. The Labute approximate surface area is 111 Å². The fourth-order valence-corrected chi connectivity index (χ4v) is 1.93. The van der Waals surface area contributed by atoms with Crippen LogP contribution in [-0.4, -0.2) is 26.1 Å². The molecule has 0 heterocycles. The first kappa shape index (κ1) is 13.6. The van der Waals surface area contributed by atoms with Gasteiger partial charge in [0.15, 0.2) is 0 Å². The van der Waals surface area contributed by atoms with Gasteiger partial charge >= 0.3 is 0 Å². The number of hydrogen-bond donors (Lipinski definition) is 2. The molecule has 1 aromatic carbocycles. The van der Waals surface area contributed by atoms with Gasteiger partial charge in [0.2, 0.25) is 0 Å². The number of hydrazine groups is 1. The zero-order valence-electron chi connectivity index (χ0n) is 8.84. The number of hydrogen-bond acceptors (Lipinski definition) is 3. The van der Waals surface area contributed by atoms with Gasteiger partial charge in [-0.25, -0.2) is 5.84 Å². The molecule has 1 aromatic rings. The lowest BCUT2D eigenvalue weighted by atomic mass is 10.2. The summed E-state index contributed by atoms with van der Waals surface area (Å²) in [6, 6.07) is 5.81. The third-order valence-electron chi connectivity index (χ3n) is 1.89. The Morgan fingerprint density at radius 2 is 2.25 bits per heavy atom. The third-order valence-corrected chi connectivity index (χ3v) is 3.07. The lowest BCUT2D eigenvalue weighted by Crippen LogP contribution is -2.31. The SMILES string of the molecule is COCCN=C(NN)c1cc(Br)ccc1Br. The second-order valence-electron chi connectivity index (χ2n) is 2.99. The number of nitrogens with two attached hydrogens (primary N) is 1. The van der Waals surface area contributed by atoms with Crippen LogP contribution in [0.4, 0.5) is 0 Å². The molecule has 6 heteroatoms. The number of ether oxygens (including phenoxy) is 1. The first-order valence-corrected chi connectivity index (χ1v) is 6.23. The van der Waals surface area contributed by atoms with Crippen LogP contribution in [0.15, 0.2) is 32.1 Å². The average molecular weight is 351 g/mol. The minimum atomic E-state index is 0.564. The van der Waals surface area contributed by atoms with E-state index in [1.807, 2.05) is 18.2 Å². The summed E-state index contributed by atoms with van der Waals surface area (Å²) in [4.78, 5) is 4.31. The van der Waals surface area contributed by atoms with E-state index in [9.17, 15) is 0 Å². The number of methoxy groups -OCH3 is 1. The number of nitrogens with zero attached hydrogens (tertiary/aromatic N) is 1. The van der Waals surface area contributed by atoms with Crippen LogP contribution >= 0.6 is 31.9 Å². The third kappa shape index (κ3) is 3.86. The van der Waals surface area contributed by atoms with E-state index in [-0.39, 0.29) is 0 Å². The molecule has 0 bridgehead atoms. The van der Waals surface area contributed by atoms with E-state index in [2.05, 4.69) is 42.3 Å². The molecule has 0 radical (unpaired) electrons. The van der Waals surface area contributed by atoms with Crippen molar-refractivity contribution in [2.24, 2.45) is 10.8 Å². The number of benzene rings is 1. The largest absolute Gasteiger partial charge is 0.383 e. The molecule has 1 rings (SSSR count). The van der Waals surface area contributed by atoms with E-state index in [0.717, 1.165) is 14.5 Å². The normalized spacial score (nSPS) is 11.6. The second-order valence-corrected chi connectivity index (χ2v) is 4.76. The van der Waals surface area contributed by atoms with Crippen molar-refractivity contribution < 1.29 is 4.74 Å². The van der Waals surface area contributed by atoms with Crippen LogP contribution in [0.1, 0.15) is 5.56 Å². The van der Waals surface area contributed by atoms with E-state index in [1.54, 1.807) is 7.11 Å². The maximum atomic E-state index is 5.45. The highest BCUT2D eigenvalue weighted by Gasteiger charge is 2.06. The van der Waals surface area contributed by atoms with Gasteiger partial charge in [0.1, 0.15) is 5.84 Å². The maximum absolute atomic E-state index is 5.45. The molecule has 88 valence electrons. The Bertz CT molecular complexity index is 382. The van der Waals surface area contributed by atoms with Crippen LogP contribution in [0.25, 0.3) is 0 Å². The number of rotatable bonds is 4. The molecular weight excluding hydrogens is 338 g/mol. The smallest absolute Gasteiger partial charge is 0.143 e. The summed E-state index contributed by atoms with van der Waals surface area (Å²) in [6.07, 6.45) is 0. The van der Waals surface area contributed by atoms with Crippen molar-refractivity contribution in [3.63, 3.8) is 0 Å². The molecule has 0 saturated carbocycles. The predicted molar refractivity (Wildman–Crippen MR) is 72.4 cm³/mol. The lowest BCUT2D eigenvalue weighted by molar-refractivity contribution is 0.208. The zero-order chi connectivity index (χ0) is 12.0. The first-order valence-electron chi connectivity index (χ1n) is 4.64. The summed E-state index contributed by atoms with van der Waals surface area (Å²) in [6.45, 7) is 1.13. The van der Waals surface area contributed by atoms with E-state index < -0.39 is 0 Å². The molecule has 0 saturated heterocycles. The fourth-order valence-electron chi connectivity index (χ4n) is 1.14. The van der Waals surface area contributed by atoms with E-state index >= 15 is 0 Å². The van der Waals surface area contributed by atoms with Gasteiger partial charge in [-0.1, -0.05) is 31.9 Å². The average Bonchev–Trinajstić information content (AvgIpc) is 2.28. The highest BCUT2D eigenvalue weighted by molar-refractivity contribution is 9.11. The molecule has 0 aliphatic heterocycles. The molecule has 0 spiro atoms. The van der Waals surface area contributed by atoms with Gasteiger partial charge in [0.25, 0.3) is 0 Å². The van der Waals surface area contributed by atoms with Crippen LogP contribution in [0.2, 0.25) is 0 Å². The van der Waals surface area contributed by atoms with Crippen molar-refractivity contribution >= 4 is 37.7 Å². The van der Waals surface area contributed by atoms with Crippen molar-refractivity contribution in [2.75, 3.05) is 20.3 Å². The summed E-state index contributed by atoms with van der Waals surface area (Å²) < 4.78 is 6.84. The van der Waals surface area contributed by atoms with Crippen molar-refractivity contribution in [1.29, 1.82) is 0 Å². The summed E-state index contributed by atoms with van der Waals surface area (Å²) >= 11 is 6.86. The van der Waals surface area contributed by atoms with Gasteiger partial charge in [-0.15, -0.1) is 0 Å². The summed E-state index contributed by atoms with van der Waals surface area (Å²) in [7, 11) is 1.64. The first-order chi connectivity index (χ1) is 7.69. The summed E-state index contributed by atoms with van der Waals surface area (Å²) in [5.41, 5.74) is 3.50. The number of aliphatic imine (C=N–C) groups is 1. The Balaban J connectivity index is 2.94. The van der Waals surface area contributed by atoms with Gasteiger partial charge < -0.3 is 10.2 Å². The minimum absolute atomic E-state index is 0.564. The van der Waals surface area contributed by atoms with E-state index in [1.165, 1.54) is 0 Å². The van der Waals surface area contributed by atoms with E-state index in [0.29, 0.717) is 19.0 Å². The monoisotopic (exact) mass is 349 g/mol. The molecule has 3 N–H and O–H groups in total. The quantitative estimate of drug-likeness (QED) is 0.287. The van der Waals surface area contributed by atoms with Gasteiger partial charge in [-0.2, -0.15) is 0 Å². The van der Waals surface area contributed by atoms with Gasteiger partial charge in [-0.3, -0.25) is 4.99 Å². The van der Waals surface area contributed by atoms with Crippen molar-refractivity contribution in [3.8, 4) is 0 Å². The van der Waals surface area contributed by atoms with Crippen molar-refractivity contribution in [2.45, 2.75) is 0 Å². The fraction of sp³-hybridized carbons (Fsp3) is 0.300. The molecule has 0 aliphatic rings. The molecule has 0 atom stereocenters. The topological polar surface area (TPSA) is 59.6 Å². The molecular formula is C10H13Br2N3O. The second kappa shape index (κ2) is 7.01. The van der Waals surface area contributed by atoms with Gasteiger partial charge in [-0.05, 0) is 18.2 Å². The standard InChI is InChI=1S/C10H13Br2N3O/c1-16-5-4-14-10(15-13)8-6-7(11)2-3-9(8)12/h2-3,6H,4-5,13H2,1H3,(H,14,15). The van der Waals surface area contributed by atoms with E-state index in [4.69, 9.17) is 10.6 Å². The highest BCUT2D eigenvalue weighted by atomic mass is 79.9. The lowest BCUT2D eigenvalue weighted by Gasteiger charge is -2.08. The number of halogens is 2. The van der Waals surface area contributed by atoms with Gasteiger partial charge in [0, 0.05) is 21.6 Å². The van der Waals surface area contributed by atoms with Crippen molar-refractivity contribution in [1.82, 2.24) is 5.43 Å². The number of nitrogens with one attached hydrogen (secondary N) is 1. The Hall–Kier alpha value is -0.430. The predicted octanol–water partition coefficient (Wildman–Crippen LogP) is 2.07. The minimum Gasteiger partial charge on any atom is -0.383 e. The zero-order valence-corrected chi connectivity index (χ0v) is 12.0. The molecule has 0 unspecified atom stereocenters. The summed E-state index contributed by atoms with van der Waals surface area (Å²) in [5, 5.41) is 0. The Morgan fingerprint density at radius 3 is 2.88 bits per heavy atom. The Morgan fingerprint density at radius 1 is 1.50 bits per heavy atom. The molecule has 4 nitrogen and oxygen atoms in total. The van der Waals surface area contributed by atoms with Crippen LogP contribution in [0.5, 0.6) is 0 Å².